The van der Waals surface area contributed by atoms with Crippen molar-refractivity contribution in [2.45, 2.75) is 18.4 Å². The van der Waals surface area contributed by atoms with Gasteiger partial charge in [-0.05, 0) is 38.4 Å². The Morgan fingerprint density at radius 3 is 2.37 bits per heavy atom. The van der Waals surface area contributed by atoms with Crippen LogP contribution < -0.4 is 4.74 Å². The predicted octanol–water partition coefficient (Wildman–Crippen LogP) is 3.82. The molecule has 0 saturated carbocycles. The van der Waals surface area contributed by atoms with E-state index < -0.39 is 0 Å². The monoisotopic (exact) mass is 382 g/mol. The average molecular weight is 383 g/mol. The maximum atomic E-state index is 13.9. The Hall–Kier alpha value is -1.98. The smallest absolute Gasteiger partial charge is 0.235 e. The number of amides is 1. The van der Waals surface area contributed by atoms with E-state index in [0.717, 1.165) is 53.6 Å². The van der Waals surface area contributed by atoms with Crippen molar-refractivity contribution >= 4 is 17.7 Å². The summed E-state index contributed by atoms with van der Waals surface area (Å²) in [5.74, 6) is 3.61. The molecule has 1 unspecified atom stereocenters. The van der Waals surface area contributed by atoms with Gasteiger partial charge in [-0.15, -0.1) is 0 Å². The summed E-state index contributed by atoms with van der Waals surface area (Å²) in [6.45, 7) is 1.72. The van der Waals surface area contributed by atoms with Gasteiger partial charge >= 0.3 is 0 Å². The van der Waals surface area contributed by atoms with Gasteiger partial charge in [-0.1, -0.05) is 36.4 Å². The Morgan fingerprint density at radius 1 is 1.11 bits per heavy atom. The topological polar surface area (TPSA) is 32.8 Å². The molecule has 1 fully saturated rings. The van der Waals surface area contributed by atoms with E-state index >= 15 is 0 Å². The largest absolute Gasteiger partial charge is 0.457 e. The highest BCUT2D eigenvalue weighted by molar-refractivity contribution is 7.99. The summed E-state index contributed by atoms with van der Waals surface area (Å²) >= 11 is 1.96. The first kappa shape index (κ1) is 18.4. The lowest BCUT2D eigenvalue weighted by molar-refractivity contribution is -0.134. The van der Waals surface area contributed by atoms with E-state index in [1.54, 1.807) is 0 Å². The van der Waals surface area contributed by atoms with Crippen molar-refractivity contribution in [3.05, 3.63) is 59.7 Å². The van der Waals surface area contributed by atoms with Crippen molar-refractivity contribution in [2.24, 2.45) is 0 Å². The minimum absolute atomic E-state index is 0.201. The van der Waals surface area contributed by atoms with Gasteiger partial charge in [0.15, 0.2) is 0 Å². The third-order valence-corrected chi connectivity index (χ3v) is 6.42. The third kappa shape index (κ3) is 3.71. The first-order chi connectivity index (χ1) is 13.1. The summed E-state index contributed by atoms with van der Waals surface area (Å²) < 4.78 is 6.08. The summed E-state index contributed by atoms with van der Waals surface area (Å²) in [4.78, 5) is 18.2. The van der Waals surface area contributed by atoms with Crippen LogP contribution in [0.1, 0.15) is 23.5 Å². The Kier molecular flexibility index (Phi) is 5.41. The lowest BCUT2D eigenvalue weighted by Crippen LogP contribution is -2.48. The molecule has 0 aliphatic carbocycles. The number of carbonyl (C=O) groups excluding carboxylic acids is 1. The van der Waals surface area contributed by atoms with Crippen molar-refractivity contribution in [1.82, 2.24) is 9.80 Å². The first-order valence-corrected chi connectivity index (χ1v) is 10.7. The summed E-state index contributed by atoms with van der Waals surface area (Å²) in [6.07, 6.45) is 1.05. The summed E-state index contributed by atoms with van der Waals surface area (Å²) in [5.41, 5.74) is 1.95. The second-order valence-corrected chi connectivity index (χ2v) is 8.64. The van der Waals surface area contributed by atoms with Crippen molar-refractivity contribution in [3.63, 3.8) is 0 Å². The van der Waals surface area contributed by atoms with Gasteiger partial charge in [0.25, 0.3) is 0 Å². The molecule has 0 spiro atoms. The molecule has 4 rings (SSSR count). The van der Waals surface area contributed by atoms with Crippen LogP contribution in [0, 0.1) is 0 Å². The molecule has 142 valence electrons. The molecule has 2 heterocycles. The van der Waals surface area contributed by atoms with E-state index in [1.807, 2.05) is 60.3 Å². The van der Waals surface area contributed by atoms with Crippen LogP contribution in [-0.2, 0) is 4.79 Å². The van der Waals surface area contributed by atoms with Gasteiger partial charge in [0.1, 0.15) is 11.5 Å². The highest BCUT2D eigenvalue weighted by Crippen LogP contribution is 2.45. The number of benzene rings is 2. The number of hydrogen-bond donors (Lipinski definition) is 0. The van der Waals surface area contributed by atoms with Crippen LogP contribution in [0.4, 0.5) is 0 Å². The molecule has 0 radical (unpaired) electrons. The van der Waals surface area contributed by atoms with Gasteiger partial charge < -0.3 is 14.5 Å². The zero-order chi connectivity index (χ0) is 18.8. The van der Waals surface area contributed by atoms with Gasteiger partial charge in [0.05, 0.1) is 12.0 Å². The molecule has 27 heavy (non-hydrogen) atoms. The van der Waals surface area contributed by atoms with Crippen molar-refractivity contribution in [2.75, 3.05) is 38.7 Å². The van der Waals surface area contributed by atoms with Crippen LogP contribution in [0.2, 0.25) is 0 Å². The predicted molar refractivity (Wildman–Crippen MR) is 111 cm³/mol. The van der Waals surface area contributed by atoms with E-state index in [1.165, 1.54) is 0 Å². The van der Waals surface area contributed by atoms with E-state index in [9.17, 15) is 4.79 Å². The van der Waals surface area contributed by atoms with Crippen LogP contribution in [0.5, 0.6) is 11.5 Å². The number of ether oxygens (including phenoxy) is 1. The molecule has 4 nitrogen and oxygen atoms in total. The molecule has 0 N–H and O–H groups in total. The number of rotatable bonds is 3. The fraction of sp³-hybridized carbons (Fsp3) is 0.409. The molecular formula is C22H26N2O2S. The molecule has 0 bridgehead atoms. The fourth-order valence-electron chi connectivity index (χ4n) is 4.03. The minimum Gasteiger partial charge on any atom is -0.457 e. The number of para-hydroxylation sites is 2. The van der Waals surface area contributed by atoms with Crippen molar-refractivity contribution in [3.8, 4) is 11.5 Å². The van der Waals surface area contributed by atoms with Crippen LogP contribution in [0.3, 0.4) is 0 Å². The van der Waals surface area contributed by atoms with Gasteiger partial charge in [-0.2, -0.15) is 11.8 Å². The van der Waals surface area contributed by atoms with E-state index in [-0.39, 0.29) is 17.9 Å². The van der Waals surface area contributed by atoms with Crippen LogP contribution in [-0.4, -0.2) is 60.4 Å². The SMILES string of the molecule is CN(C)CC1CSCCCN1C(=O)C1c2ccccc2Oc2ccccc21. The molecule has 2 aliphatic rings. The Balaban J connectivity index is 1.74. The number of hydrogen-bond acceptors (Lipinski definition) is 4. The maximum absolute atomic E-state index is 13.9. The van der Waals surface area contributed by atoms with Gasteiger partial charge in [0.2, 0.25) is 5.91 Å². The molecule has 1 atom stereocenters. The summed E-state index contributed by atoms with van der Waals surface area (Å²) in [7, 11) is 4.16. The molecular weight excluding hydrogens is 356 g/mol. The average Bonchev–Trinajstić information content (AvgIpc) is 2.90. The zero-order valence-corrected chi connectivity index (χ0v) is 16.7. The van der Waals surface area contributed by atoms with Crippen LogP contribution in [0.25, 0.3) is 0 Å². The molecule has 2 aromatic rings. The van der Waals surface area contributed by atoms with Crippen molar-refractivity contribution < 1.29 is 9.53 Å². The standard InChI is InChI=1S/C22H26N2O2S/c1-23(2)14-16-15-27-13-7-12-24(16)22(25)21-17-8-3-5-10-19(17)26-20-11-6-4-9-18(20)21/h3-6,8-11,16,21H,7,12-15H2,1-2H3. The summed E-state index contributed by atoms with van der Waals surface area (Å²) in [5, 5.41) is 0. The zero-order valence-electron chi connectivity index (χ0n) is 15.9. The van der Waals surface area contributed by atoms with Gasteiger partial charge in [0, 0.05) is 30.0 Å². The highest BCUT2D eigenvalue weighted by Gasteiger charge is 2.37. The quantitative estimate of drug-likeness (QED) is 0.808. The molecule has 1 saturated heterocycles. The fourth-order valence-corrected chi connectivity index (χ4v) is 5.09. The number of carbonyl (C=O) groups is 1. The number of likely N-dealkylation sites (N-methyl/N-ethyl adjacent to an activating group) is 1. The van der Waals surface area contributed by atoms with E-state index in [4.69, 9.17) is 4.74 Å². The Morgan fingerprint density at radius 2 is 1.74 bits per heavy atom. The number of thioether (sulfide) groups is 1. The van der Waals surface area contributed by atoms with E-state index in [0.29, 0.717) is 0 Å². The minimum atomic E-state index is -0.293. The Bertz CT molecular complexity index is 778. The van der Waals surface area contributed by atoms with Crippen LogP contribution >= 0.6 is 11.8 Å². The van der Waals surface area contributed by atoms with E-state index in [2.05, 4.69) is 23.9 Å². The normalized spacial score (nSPS) is 19.8. The first-order valence-electron chi connectivity index (χ1n) is 9.54. The lowest BCUT2D eigenvalue weighted by atomic mass is 9.86. The van der Waals surface area contributed by atoms with Gasteiger partial charge in [-0.25, -0.2) is 0 Å². The third-order valence-electron chi connectivity index (χ3n) is 5.22. The maximum Gasteiger partial charge on any atom is 0.235 e. The number of nitrogens with zero attached hydrogens (tertiary/aromatic N) is 2. The Labute approximate surface area is 165 Å². The second kappa shape index (κ2) is 7.95. The number of fused-ring (bicyclic) bond motifs is 2. The van der Waals surface area contributed by atoms with Crippen molar-refractivity contribution in [1.29, 1.82) is 0 Å². The molecule has 0 aromatic heterocycles. The van der Waals surface area contributed by atoms with Crippen LogP contribution in [0.15, 0.2) is 48.5 Å². The molecule has 2 aromatic carbocycles. The second-order valence-electron chi connectivity index (χ2n) is 7.49. The lowest BCUT2D eigenvalue weighted by Gasteiger charge is -2.36. The summed E-state index contributed by atoms with van der Waals surface area (Å²) in [6, 6.07) is 16.1. The molecule has 5 heteroatoms. The highest BCUT2D eigenvalue weighted by atomic mass is 32.2. The molecule has 2 aliphatic heterocycles. The molecule has 1 amide bonds. The van der Waals surface area contributed by atoms with Gasteiger partial charge in [-0.3, -0.25) is 4.79 Å².